The maximum Gasteiger partial charge on any atom is 0.120 e. The van der Waals surface area contributed by atoms with Crippen molar-refractivity contribution >= 4 is 11.6 Å². The van der Waals surface area contributed by atoms with Gasteiger partial charge >= 0.3 is 0 Å². The minimum atomic E-state index is -0.116. The molecule has 0 amide bonds. The Morgan fingerprint density at radius 3 is 3.06 bits per heavy atom. The van der Waals surface area contributed by atoms with Crippen molar-refractivity contribution in [1.82, 2.24) is 0 Å². The molecular formula is C13H16ClNO2. The van der Waals surface area contributed by atoms with Gasteiger partial charge in [-0.1, -0.05) is 17.7 Å². The third kappa shape index (κ3) is 3.65. The Bertz CT molecular complexity index is 406. The molecule has 0 saturated heterocycles. The zero-order valence-corrected chi connectivity index (χ0v) is 10.3. The van der Waals surface area contributed by atoms with Crippen molar-refractivity contribution < 1.29 is 9.47 Å². The summed E-state index contributed by atoms with van der Waals surface area (Å²) in [5.74, 6) is 0.741. The Hall–Kier alpha value is -1.19. The van der Waals surface area contributed by atoms with E-state index in [4.69, 9.17) is 26.8 Å². The minimum Gasteiger partial charge on any atom is -0.501 e. The average molecular weight is 254 g/mol. The molecule has 1 aliphatic heterocycles. The van der Waals surface area contributed by atoms with Crippen LogP contribution in [0.1, 0.15) is 12.8 Å². The molecule has 0 aliphatic carbocycles. The van der Waals surface area contributed by atoms with E-state index in [1.165, 1.54) is 0 Å². The van der Waals surface area contributed by atoms with E-state index in [1.807, 2.05) is 18.2 Å². The molecule has 0 bridgehead atoms. The lowest BCUT2D eigenvalue weighted by Crippen LogP contribution is -2.31. The van der Waals surface area contributed by atoms with Crippen LogP contribution in [0.5, 0.6) is 5.75 Å². The van der Waals surface area contributed by atoms with Gasteiger partial charge < -0.3 is 15.2 Å². The number of benzene rings is 1. The quantitative estimate of drug-likeness (QED) is 0.897. The van der Waals surface area contributed by atoms with Gasteiger partial charge in [0.25, 0.3) is 0 Å². The number of hydrogen-bond donors (Lipinski definition) is 1. The number of ether oxygens (including phenoxy) is 2. The molecule has 1 aliphatic rings. The van der Waals surface area contributed by atoms with E-state index in [-0.39, 0.29) is 6.04 Å². The van der Waals surface area contributed by atoms with Crippen LogP contribution in [0.4, 0.5) is 0 Å². The molecule has 0 aromatic heterocycles. The molecule has 1 atom stereocenters. The largest absolute Gasteiger partial charge is 0.501 e. The van der Waals surface area contributed by atoms with Crippen LogP contribution in [0.3, 0.4) is 0 Å². The first-order valence-corrected chi connectivity index (χ1v) is 6.08. The second-order valence-corrected chi connectivity index (χ2v) is 4.48. The summed E-state index contributed by atoms with van der Waals surface area (Å²) in [5, 5.41) is 0.663. The van der Waals surface area contributed by atoms with Crippen molar-refractivity contribution in [2.45, 2.75) is 18.9 Å². The standard InChI is InChI=1S/C13H16ClNO2/c14-11-4-1-5-12(7-11)17-9-13(15)10-3-2-6-16-8-10/h1,4-5,7-8,13H,2-3,6,9,15H2. The fraction of sp³-hybridized carbons (Fsp3) is 0.385. The zero-order valence-electron chi connectivity index (χ0n) is 9.56. The molecule has 0 radical (unpaired) electrons. The van der Waals surface area contributed by atoms with E-state index in [0.717, 1.165) is 30.8 Å². The molecule has 1 aromatic carbocycles. The van der Waals surface area contributed by atoms with E-state index in [9.17, 15) is 0 Å². The fourth-order valence-corrected chi connectivity index (χ4v) is 1.89. The van der Waals surface area contributed by atoms with Crippen molar-refractivity contribution in [1.29, 1.82) is 0 Å². The van der Waals surface area contributed by atoms with Crippen molar-refractivity contribution in [2.75, 3.05) is 13.2 Å². The Labute approximate surface area is 106 Å². The third-order valence-electron chi connectivity index (χ3n) is 2.66. The van der Waals surface area contributed by atoms with E-state index < -0.39 is 0 Å². The van der Waals surface area contributed by atoms with Gasteiger partial charge in [0, 0.05) is 5.02 Å². The fourth-order valence-electron chi connectivity index (χ4n) is 1.71. The second kappa shape index (κ2) is 5.94. The molecule has 2 N–H and O–H groups in total. The number of nitrogens with two attached hydrogens (primary N) is 1. The summed E-state index contributed by atoms with van der Waals surface area (Å²) in [5.41, 5.74) is 7.14. The molecule has 3 nitrogen and oxygen atoms in total. The van der Waals surface area contributed by atoms with Crippen LogP contribution in [-0.2, 0) is 4.74 Å². The molecule has 1 aromatic rings. The van der Waals surface area contributed by atoms with Gasteiger partial charge in [-0.25, -0.2) is 0 Å². The van der Waals surface area contributed by atoms with Crippen LogP contribution < -0.4 is 10.5 Å². The molecular weight excluding hydrogens is 238 g/mol. The lowest BCUT2D eigenvalue weighted by molar-refractivity contribution is 0.214. The van der Waals surface area contributed by atoms with Crippen LogP contribution in [0.2, 0.25) is 5.02 Å². The summed E-state index contributed by atoms with van der Waals surface area (Å²) >= 11 is 5.87. The monoisotopic (exact) mass is 253 g/mol. The van der Waals surface area contributed by atoms with Gasteiger partial charge in [-0.3, -0.25) is 0 Å². The SMILES string of the molecule is NC(COc1cccc(Cl)c1)C1=COCCC1. The highest BCUT2D eigenvalue weighted by Gasteiger charge is 2.13. The highest BCUT2D eigenvalue weighted by atomic mass is 35.5. The zero-order chi connectivity index (χ0) is 12.1. The molecule has 0 saturated carbocycles. The summed E-state index contributed by atoms with van der Waals surface area (Å²) < 4.78 is 10.9. The lowest BCUT2D eigenvalue weighted by atomic mass is 10.0. The summed E-state index contributed by atoms with van der Waals surface area (Å²) in [6.07, 6.45) is 3.77. The Kier molecular flexibility index (Phi) is 4.29. The van der Waals surface area contributed by atoms with Gasteiger partial charge in [-0.2, -0.15) is 0 Å². The third-order valence-corrected chi connectivity index (χ3v) is 2.90. The molecule has 1 heterocycles. The molecule has 4 heteroatoms. The maximum absolute atomic E-state index is 6.03. The normalized spacial score (nSPS) is 16.9. The van der Waals surface area contributed by atoms with Crippen molar-refractivity contribution in [3.05, 3.63) is 41.1 Å². The topological polar surface area (TPSA) is 44.5 Å². The van der Waals surface area contributed by atoms with Crippen molar-refractivity contribution in [3.8, 4) is 5.75 Å². The predicted octanol–water partition coefficient (Wildman–Crippen LogP) is 2.74. The van der Waals surface area contributed by atoms with Crippen LogP contribution in [0, 0.1) is 0 Å². The minimum absolute atomic E-state index is 0.116. The number of hydrogen-bond acceptors (Lipinski definition) is 3. The molecule has 2 rings (SSSR count). The van der Waals surface area contributed by atoms with Crippen LogP contribution in [0.15, 0.2) is 36.1 Å². The van der Waals surface area contributed by atoms with Gasteiger partial charge in [0.05, 0.1) is 18.9 Å². The predicted molar refractivity (Wildman–Crippen MR) is 68.2 cm³/mol. The van der Waals surface area contributed by atoms with Crippen LogP contribution in [0.25, 0.3) is 0 Å². The van der Waals surface area contributed by atoms with Gasteiger partial charge in [-0.15, -0.1) is 0 Å². The van der Waals surface area contributed by atoms with Gasteiger partial charge in [-0.05, 0) is 36.6 Å². The van der Waals surface area contributed by atoms with Gasteiger partial charge in [0.1, 0.15) is 12.4 Å². The molecule has 17 heavy (non-hydrogen) atoms. The van der Waals surface area contributed by atoms with Crippen molar-refractivity contribution in [3.63, 3.8) is 0 Å². The number of rotatable bonds is 4. The van der Waals surface area contributed by atoms with E-state index >= 15 is 0 Å². The Balaban J connectivity index is 1.87. The highest BCUT2D eigenvalue weighted by Crippen LogP contribution is 2.19. The maximum atomic E-state index is 6.03. The van der Waals surface area contributed by atoms with Crippen molar-refractivity contribution in [2.24, 2.45) is 5.73 Å². The van der Waals surface area contributed by atoms with Crippen LogP contribution in [-0.4, -0.2) is 19.3 Å². The average Bonchev–Trinajstić information content (AvgIpc) is 2.37. The first kappa shape index (κ1) is 12.3. The Morgan fingerprint density at radius 2 is 2.35 bits per heavy atom. The first-order valence-electron chi connectivity index (χ1n) is 5.70. The van der Waals surface area contributed by atoms with E-state index in [0.29, 0.717) is 11.6 Å². The molecule has 1 unspecified atom stereocenters. The van der Waals surface area contributed by atoms with E-state index in [2.05, 4.69) is 0 Å². The summed E-state index contributed by atoms with van der Waals surface area (Å²) in [6, 6.07) is 7.19. The van der Waals surface area contributed by atoms with Gasteiger partial charge in [0.2, 0.25) is 0 Å². The van der Waals surface area contributed by atoms with E-state index in [1.54, 1.807) is 12.3 Å². The van der Waals surface area contributed by atoms with Gasteiger partial charge in [0.15, 0.2) is 0 Å². The lowest BCUT2D eigenvalue weighted by Gasteiger charge is -2.20. The Morgan fingerprint density at radius 1 is 1.47 bits per heavy atom. The molecule has 0 fully saturated rings. The van der Waals surface area contributed by atoms with Crippen LogP contribution >= 0.6 is 11.6 Å². The smallest absolute Gasteiger partial charge is 0.120 e. The second-order valence-electron chi connectivity index (χ2n) is 4.04. The summed E-state index contributed by atoms with van der Waals surface area (Å²) in [7, 11) is 0. The highest BCUT2D eigenvalue weighted by molar-refractivity contribution is 6.30. The summed E-state index contributed by atoms with van der Waals surface area (Å²) in [6.45, 7) is 1.22. The number of halogens is 1. The first-order chi connectivity index (χ1) is 8.25. The summed E-state index contributed by atoms with van der Waals surface area (Å²) in [4.78, 5) is 0. The molecule has 92 valence electrons. The molecule has 0 spiro atoms.